The van der Waals surface area contributed by atoms with E-state index in [1.165, 1.54) is 36.4 Å². The van der Waals surface area contributed by atoms with Gasteiger partial charge in [-0.15, -0.1) is 0 Å². The summed E-state index contributed by atoms with van der Waals surface area (Å²) in [7, 11) is -3.66. The zero-order valence-corrected chi connectivity index (χ0v) is 17.0. The van der Waals surface area contributed by atoms with Crippen molar-refractivity contribution in [2.75, 3.05) is 18.7 Å². The van der Waals surface area contributed by atoms with E-state index in [9.17, 15) is 21.6 Å². The predicted octanol–water partition coefficient (Wildman–Crippen LogP) is 3.81. The highest BCUT2D eigenvalue weighted by atomic mass is 32.2. The first-order chi connectivity index (χ1) is 14.7. The molecule has 0 atom stereocenters. The van der Waals surface area contributed by atoms with Crippen molar-refractivity contribution in [3.63, 3.8) is 0 Å². The van der Waals surface area contributed by atoms with E-state index in [2.05, 4.69) is 20.0 Å². The third-order valence-corrected chi connectivity index (χ3v) is 5.89. The highest BCUT2D eigenvalue weighted by Crippen LogP contribution is 2.39. The number of aromatic nitrogens is 2. The van der Waals surface area contributed by atoms with Crippen LogP contribution in [0.15, 0.2) is 41.3 Å². The Balaban J connectivity index is 1.72. The number of fused-ring (bicyclic) bond motifs is 2. The molecule has 1 aliphatic heterocycles. The zero-order chi connectivity index (χ0) is 22.2. The molecule has 0 aliphatic carbocycles. The number of nitrogens with one attached hydrogen (secondary N) is 2. The normalized spacial score (nSPS) is 13.5. The number of halogens is 3. The second kappa shape index (κ2) is 7.85. The number of benzene rings is 2. The molecule has 0 saturated heterocycles. The summed E-state index contributed by atoms with van der Waals surface area (Å²) in [5.41, 5.74) is 0.372. The van der Waals surface area contributed by atoms with Crippen LogP contribution in [-0.2, 0) is 16.2 Å². The summed E-state index contributed by atoms with van der Waals surface area (Å²) in [6.07, 6.45) is -4.12. The van der Waals surface area contributed by atoms with Crippen LogP contribution in [0.2, 0.25) is 0 Å². The summed E-state index contributed by atoms with van der Waals surface area (Å²) in [6, 6.07) is 8.43. The van der Waals surface area contributed by atoms with Gasteiger partial charge in [0, 0.05) is 23.7 Å². The van der Waals surface area contributed by atoms with E-state index in [0.717, 1.165) is 0 Å². The van der Waals surface area contributed by atoms with E-state index in [1.54, 1.807) is 0 Å². The minimum Gasteiger partial charge on any atom is -0.454 e. The van der Waals surface area contributed by atoms with Crippen molar-refractivity contribution in [3.05, 3.63) is 42.2 Å². The van der Waals surface area contributed by atoms with E-state index >= 15 is 0 Å². The lowest BCUT2D eigenvalue weighted by molar-refractivity contribution is -0.144. The molecule has 0 unspecified atom stereocenters. The fourth-order valence-electron chi connectivity index (χ4n) is 2.91. The van der Waals surface area contributed by atoms with Gasteiger partial charge in [0.1, 0.15) is 5.82 Å². The minimum atomic E-state index is -4.76. The molecule has 2 N–H and O–H groups in total. The molecule has 1 aromatic heterocycles. The maximum atomic E-state index is 13.3. The molecule has 2 aromatic carbocycles. The molecule has 0 amide bonds. The third-order valence-electron chi connectivity index (χ3n) is 4.41. The Morgan fingerprint density at radius 3 is 2.39 bits per heavy atom. The number of nitrogens with zero attached hydrogens (tertiary/aromatic N) is 2. The Bertz CT molecular complexity index is 1230. The average Bonchev–Trinajstić information content (AvgIpc) is 3.18. The van der Waals surface area contributed by atoms with Gasteiger partial charge in [0.05, 0.1) is 10.4 Å². The SMILES string of the molecule is CCCNS(=O)(=O)c1ccc(Nc2nc(C(F)(F)F)nc3cc4c(cc23)OCO4)cc1. The monoisotopic (exact) mass is 454 g/mol. The lowest BCUT2D eigenvalue weighted by Crippen LogP contribution is -2.24. The number of hydrogen-bond acceptors (Lipinski definition) is 7. The van der Waals surface area contributed by atoms with Crippen molar-refractivity contribution in [2.24, 2.45) is 0 Å². The van der Waals surface area contributed by atoms with Crippen LogP contribution in [0.5, 0.6) is 11.5 Å². The summed E-state index contributed by atoms with van der Waals surface area (Å²) in [5.74, 6) is -0.763. The van der Waals surface area contributed by atoms with Crippen molar-refractivity contribution in [1.29, 1.82) is 0 Å². The van der Waals surface area contributed by atoms with Gasteiger partial charge in [0.25, 0.3) is 0 Å². The standard InChI is InChI=1S/C19H17F3N4O4S/c1-2-7-23-31(27,28)12-5-3-11(4-6-12)24-17-13-8-15-16(30-10-29-15)9-14(13)25-18(26-17)19(20,21)22/h3-6,8-9,23H,2,7,10H2,1H3,(H,24,25,26). The first-order valence-corrected chi connectivity index (χ1v) is 10.7. The second-order valence-electron chi connectivity index (χ2n) is 6.66. The fourth-order valence-corrected chi connectivity index (χ4v) is 4.05. The number of sulfonamides is 1. The van der Waals surface area contributed by atoms with Crippen LogP contribution in [0, 0.1) is 0 Å². The van der Waals surface area contributed by atoms with E-state index in [4.69, 9.17) is 9.47 Å². The largest absolute Gasteiger partial charge is 0.454 e. The highest BCUT2D eigenvalue weighted by molar-refractivity contribution is 7.89. The fraction of sp³-hybridized carbons (Fsp3) is 0.263. The Morgan fingerprint density at radius 1 is 1.06 bits per heavy atom. The van der Waals surface area contributed by atoms with Crippen LogP contribution < -0.4 is 19.5 Å². The molecule has 1 aliphatic rings. The molecule has 2 heterocycles. The van der Waals surface area contributed by atoms with Crippen molar-refractivity contribution < 1.29 is 31.1 Å². The van der Waals surface area contributed by atoms with E-state index < -0.39 is 22.0 Å². The maximum absolute atomic E-state index is 13.3. The molecule has 31 heavy (non-hydrogen) atoms. The second-order valence-corrected chi connectivity index (χ2v) is 8.43. The molecule has 8 nitrogen and oxygen atoms in total. The minimum absolute atomic E-state index is 0.0250. The van der Waals surface area contributed by atoms with Gasteiger partial charge in [-0.2, -0.15) is 13.2 Å². The molecule has 3 aromatic rings. The van der Waals surface area contributed by atoms with Crippen LogP contribution >= 0.6 is 0 Å². The Hall–Kier alpha value is -3.12. The lowest BCUT2D eigenvalue weighted by atomic mass is 10.2. The summed E-state index contributed by atoms with van der Waals surface area (Å²) in [6.45, 7) is 2.09. The Kier molecular flexibility index (Phi) is 5.35. The quantitative estimate of drug-likeness (QED) is 0.584. The third kappa shape index (κ3) is 4.35. The first kappa shape index (κ1) is 21.1. The van der Waals surface area contributed by atoms with Gasteiger partial charge in [-0.25, -0.2) is 23.1 Å². The van der Waals surface area contributed by atoms with Crippen LogP contribution in [0.1, 0.15) is 19.2 Å². The molecule has 12 heteroatoms. The van der Waals surface area contributed by atoms with Gasteiger partial charge in [0.15, 0.2) is 11.5 Å². The zero-order valence-electron chi connectivity index (χ0n) is 16.2. The molecule has 0 radical (unpaired) electrons. The molecule has 0 saturated carbocycles. The Morgan fingerprint density at radius 2 is 1.74 bits per heavy atom. The van der Waals surface area contributed by atoms with Gasteiger partial charge in [-0.05, 0) is 36.8 Å². The van der Waals surface area contributed by atoms with Gasteiger partial charge >= 0.3 is 6.18 Å². The van der Waals surface area contributed by atoms with E-state index in [0.29, 0.717) is 35.5 Å². The molecule has 0 spiro atoms. The van der Waals surface area contributed by atoms with Crippen molar-refractivity contribution in [2.45, 2.75) is 24.4 Å². The van der Waals surface area contributed by atoms with Crippen LogP contribution in [0.25, 0.3) is 10.9 Å². The summed E-state index contributed by atoms with van der Waals surface area (Å²) >= 11 is 0. The smallest absolute Gasteiger partial charge is 0.451 e. The number of hydrogen-bond donors (Lipinski definition) is 2. The summed E-state index contributed by atoms with van der Waals surface area (Å²) < 4.78 is 77.3. The number of anilines is 2. The maximum Gasteiger partial charge on any atom is 0.451 e. The molecule has 164 valence electrons. The summed E-state index contributed by atoms with van der Waals surface area (Å²) in [5, 5.41) is 3.10. The van der Waals surface area contributed by atoms with Gasteiger partial charge in [-0.1, -0.05) is 6.92 Å². The van der Waals surface area contributed by atoms with Crippen LogP contribution in [0.4, 0.5) is 24.7 Å². The van der Waals surface area contributed by atoms with Gasteiger partial charge < -0.3 is 14.8 Å². The molecular formula is C19H17F3N4O4S. The number of ether oxygens (including phenoxy) is 2. The van der Waals surface area contributed by atoms with Gasteiger partial charge in [-0.3, -0.25) is 0 Å². The Labute approximate surface area is 175 Å². The number of rotatable bonds is 6. The average molecular weight is 454 g/mol. The van der Waals surface area contributed by atoms with Crippen molar-refractivity contribution in [1.82, 2.24) is 14.7 Å². The lowest BCUT2D eigenvalue weighted by Gasteiger charge is -2.13. The van der Waals surface area contributed by atoms with Crippen molar-refractivity contribution in [3.8, 4) is 11.5 Å². The molecule has 0 fully saturated rings. The number of alkyl halides is 3. The topological polar surface area (TPSA) is 102 Å². The first-order valence-electron chi connectivity index (χ1n) is 9.23. The van der Waals surface area contributed by atoms with Gasteiger partial charge in [0.2, 0.25) is 22.6 Å². The summed E-state index contributed by atoms with van der Waals surface area (Å²) in [4.78, 5) is 7.27. The van der Waals surface area contributed by atoms with E-state index in [1.807, 2.05) is 6.92 Å². The molecule has 0 bridgehead atoms. The van der Waals surface area contributed by atoms with Crippen LogP contribution in [-0.4, -0.2) is 31.7 Å². The van der Waals surface area contributed by atoms with E-state index in [-0.39, 0.29) is 23.0 Å². The highest BCUT2D eigenvalue weighted by Gasteiger charge is 2.36. The molecule has 4 rings (SSSR count). The predicted molar refractivity (Wildman–Crippen MR) is 106 cm³/mol. The van der Waals surface area contributed by atoms with Crippen LogP contribution in [0.3, 0.4) is 0 Å². The molecular weight excluding hydrogens is 437 g/mol. The van der Waals surface area contributed by atoms with Crippen molar-refractivity contribution >= 4 is 32.4 Å².